The van der Waals surface area contributed by atoms with Crippen LogP contribution in [0.5, 0.6) is 0 Å². The second-order valence-electron chi connectivity index (χ2n) is 5.08. The van der Waals surface area contributed by atoms with E-state index in [0.29, 0.717) is 5.92 Å². The summed E-state index contributed by atoms with van der Waals surface area (Å²) in [5.74, 6) is 0.643. The van der Waals surface area contributed by atoms with E-state index >= 15 is 0 Å². The van der Waals surface area contributed by atoms with Crippen molar-refractivity contribution in [3.63, 3.8) is 0 Å². The van der Waals surface area contributed by atoms with Gasteiger partial charge in [0.15, 0.2) is 0 Å². The molecular weight excluding hydrogens is 252 g/mol. The normalized spacial score (nSPS) is 31.1. The molecule has 0 bridgehead atoms. The molecule has 0 heterocycles. The maximum absolute atomic E-state index is 12.5. The Morgan fingerprint density at radius 1 is 1.24 bits per heavy atom. The zero-order valence-electron chi connectivity index (χ0n) is 10.4. The summed E-state index contributed by atoms with van der Waals surface area (Å²) in [4.78, 5) is 0.917. The molecule has 17 heavy (non-hydrogen) atoms. The first-order chi connectivity index (χ1) is 8.08. The molecule has 0 N–H and O–H groups in total. The van der Waals surface area contributed by atoms with Gasteiger partial charge in [-0.3, -0.25) is 4.21 Å². The van der Waals surface area contributed by atoms with Crippen LogP contribution >= 0.6 is 11.6 Å². The largest absolute Gasteiger partial charge is 0.254 e. The van der Waals surface area contributed by atoms with Gasteiger partial charge in [-0.25, -0.2) is 0 Å². The summed E-state index contributed by atoms with van der Waals surface area (Å²) in [7, 11) is -0.961. The second-order valence-corrected chi connectivity index (χ2v) is 7.32. The number of hydrogen-bond donors (Lipinski definition) is 0. The highest BCUT2D eigenvalue weighted by atomic mass is 35.5. The maximum Gasteiger partial charge on any atom is 0.0575 e. The molecule has 94 valence electrons. The summed E-state index contributed by atoms with van der Waals surface area (Å²) < 4.78 is 12.5. The van der Waals surface area contributed by atoms with Gasteiger partial charge in [0.25, 0.3) is 0 Å². The number of halogens is 1. The van der Waals surface area contributed by atoms with Gasteiger partial charge in [-0.2, -0.15) is 0 Å². The smallest absolute Gasteiger partial charge is 0.0575 e. The van der Waals surface area contributed by atoms with Crippen LogP contribution in [0.1, 0.15) is 31.7 Å². The number of rotatable bonds is 2. The van der Waals surface area contributed by atoms with E-state index in [0.717, 1.165) is 24.2 Å². The van der Waals surface area contributed by atoms with Gasteiger partial charge in [-0.1, -0.05) is 24.6 Å². The van der Waals surface area contributed by atoms with Crippen LogP contribution < -0.4 is 0 Å². The molecule has 0 spiro atoms. The van der Waals surface area contributed by atoms with Crippen molar-refractivity contribution in [3.05, 3.63) is 29.8 Å². The highest BCUT2D eigenvalue weighted by Crippen LogP contribution is 2.33. The topological polar surface area (TPSA) is 17.1 Å². The van der Waals surface area contributed by atoms with E-state index in [1.165, 1.54) is 5.56 Å². The molecular formula is C14H19ClOS. The molecule has 0 amide bonds. The Morgan fingerprint density at radius 3 is 2.53 bits per heavy atom. The molecule has 4 atom stereocenters. The van der Waals surface area contributed by atoms with Gasteiger partial charge in [0.2, 0.25) is 0 Å². The first kappa shape index (κ1) is 13.1. The Kier molecular flexibility index (Phi) is 4.26. The Morgan fingerprint density at radius 2 is 1.88 bits per heavy atom. The quantitative estimate of drug-likeness (QED) is 0.745. The lowest BCUT2D eigenvalue weighted by Crippen LogP contribution is -2.33. The fraction of sp³-hybridized carbons (Fsp3) is 0.571. The van der Waals surface area contributed by atoms with Gasteiger partial charge >= 0.3 is 0 Å². The molecule has 0 aliphatic heterocycles. The standard InChI is InChI=1S/C14H19ClOS/c1-10-3-6-12(7-4-10)17(16)14-9-11(2)5-8-13(14)15/h3-4,6-7,11,13-14H,5,8-9H2,1-2H3/t11?,13-,14-,17?/m1/s1. The van der Waals surface area contributed by atoms with Crippen LogP contribution in [0.3, 0.4) is 0 Å². The van der Waals surface area contributed by atoms with E-state index in [9.17, 15) is 4.21 Å². The molecule has 0 aromatic heterocycles. The van der Waals surface area contributed by atoms with Gasteiger partial charge in [0, 0.05) is 10.3 Å². The molecule has 1 aliphatic rings. The highest BCUT2D eigenvalue weighted by Gasteiger charge is 2.32. The zero-order valence-corrected chi connectivity index (χ0v) is 11.9. The fourth-order valence-electron chi connectivity index (χ4n) is 2.36. The third-order valence-electron chi connectivity index (χ3n) is 3.50. The van der Waals surface area contributed by atoms with E-state index in [4.69, 9.17) is 11.6 Å². The fourth-order valence-corrected chi connectivity index (χ4v) is 4.53. The monoisotopic (exact) mass is 270 g/mol. The van der Waals surface area contributed by atoms with Crippen molar-refractivity contribution in [3.8, 4) is 0 Å². The molecule has 1 aromatic carbocycles. The molecule has 1 aromatic rings. The van der Waals surface area contributed by atoms with Gasteiger partial charge in [-0.15, -0.1) is 11.6 Å². The van der Waals surface area contributed by atoms with Crippen molar-refractivity contribution >= 4 is 22.4 Å². The molecule has 2 rings (SSSR count). The lowest BCUT2D eigenvalue weighted by atomic mass is 9.90. The molecule has 1 aliphatic carbocycles. The van der Waals surface area contributed by atoms with Crippen LogP contribution in [0.2, 0.25) is 0 Å². The van der Waals surface area contributed by atoms with Gasteiger partial charge < -0.3 is 0 Å². The summed E-state index contributed by atoms with van der Waals surface area (Å²) in [5.41, 5.74) is 1.20. The summed E-state index contributed by atoms with van der Waals surface area (Å²) in [6.07, 6.45) is 3.13. The van der Waals surface area contributed by atoms with Crippen molar-refractivity contribution in [2.75, 3.05) is 0 Å². The second kappa shape index (κ2) is 5.53. The minimum atomic E-state index is -0.961. The average Bonchev–Trinajstić information content (AvgIpc) is 2.32. The summed E-state index contributed by atoms with van der Waals surface area (Å²) >= 11 is 6.33. The Labute approximate surface area is 111 Å². The van der Waals surface area contributed by atoms with Crippen LogP contribution in [0, 0.1) is 12.8 Å². The zero-order chi connectivity index (χ0) is 12.4. The van der Waals surface area contributed by atoms with Crippen LogP contribution in [0.15, 0.2) is 29.2 Å². The van der Waals surface area contributed by atoms with E-state index in [1.54, 1.807) is 0 Å². The Bertz CT molecular complexity index is 401. The number of benzene rings is 1. The third kappa shape index (κ3) is 3.11. The van der Waals surface area contributed by atoms with E-state index in [1.807, 2.05) is 31.2 Å². The number of aryl methyl sites for hydroxylation is 1. The first-order valence-corrected chi connectivity index (χ1v) is 7.84. The van der Waals surface area contributed by atoms with E-state index in [2.05, 4.69) is 6.92 Å². The van der Waals surface area contributed by atoms with Crippen molar-refractivity contribution in [2.45, 2.75) is 48.6 Å². The summed E-state index contributed by atoms with van der Waals surface area (Å²) in [6, 6.07) is 7.97. The lowest BCUT2D eigenvalue weighted by Gasteiger charge is -2.30. The number of alkyl halides is 1. The van der Waals surface area contributed by atoms with Crippen molar-refractivity contribution < 1.29 is 4.21 Å². The molecule has 1 fully saturated rings. The third-order valence-corrected chi connectivity index (χ3v) is 5.98. The van der Waals surface area contributed by atoms with Crippen LogP contribution in [-0.2, 0) is 10.8 Å². The minimum absolute atomic E-state index is 0.0633. The molecule has 1 nitrogen and oxygen atoms in total. The van der Waals surface area contributed by atoms with Gasteiger partial charge in [-0.05, 0) is 44.2 Å². The molecule has 2 unspecified atom stereocenters. The van der Waals surface area contributed by atoms with Gasteiger partial charge in [0.1, 0.15) is 0 Å². The Hall–Kier alpha value is -0.340. The first-order valence-electron chi connectivity index (χ1n) is 6.19. The van der Waals surface area contributed by atoms with E-state index < -0.39 is 10.8 Å². The van der Waals surface area contributed by atoms with Crippen molar-refractivity contribution in [1.29, 1.82) is 0 Å². The molecule has 0 radical (unpaired) electrons. The predicted octanol–water partition coefficient (Wildman–Crippen LogP) is 3.90. The Balaban J connectivity index is 2.15. The lowest BCUT2D eigenvalue weighted by molar-refractivity contribution is 0.394. The van der Waals surface area contributed by atoms with Crippen LogP contribution in [0.4, 0.5) is 0 Å². The predicted molar refractivity (Wildman–Crippen MR) is 74.0 cm³/mol. The van der Waals surface area contributed by atoms with Crippen LogP contribution in [0.25, 0.3) is 0 Å². The van der Waals surface area contributed by atoms with Gasteiger partial charge in [0.05, 0.1) is 16.0 Å². The van der Waals surface area contributed by atoms with Crippen LogP contribution in [-0.4, -0.2) is 14.8 Å². The maximum atomic E-state index is 12.5. The minimum Gasteiger partial charge on any atom is -0.254 e. The van der Waals surface area contributed by atoms with Crippen molar-refractivity contribution in [1.82, 2.24) is 0 Å². The van der Waals surface area contributed by atoms with E-state index in [-0.39, 0.29) is 10.6 Å². The SMILES string of the molecule is Cc1ccc(S(=O)[C@@H]2CC(C)CC[C@H]2Cl)cc1. The molecule has 1 saturated carbocycles. The molecule has 3 heteroatoms. The van der Waals surface area contributed by atoms with Crippen molar-refractivity contribution in [2.24, 2.45) is 5.92 Å². The average molecular weight is 271 g/mol. The highest BCUT2D eigenvalue weighted by molar-refractivity contribution is 7.85. The summed E-state index contributed by atoms with van der Waals surface area (Å²) in [5, 5.41) is 0.177. The molecule has 0 saturated heterocycles. The number of hydrogen-bond acceptors (Lipinski definition) is 1. The summed E-state index contributed by atoms with van der Waals surface area (Å²) in [6.45, 7) is 4.27.